The molecule has 0 aliphatic carbocycles. The van der Waals surface area contributed by atoms with Gasteiger partial charge in [0.15, 0.2) is 0 Å². The zero-order valence-corrected chi connectivity index (χ0v) is 12.7. The average Bonchev–Trinajstić information content (AvgIpc) is 2.37. The molecular formula is C16H15BrFNO. The summed E-state index contributed by atoms with van der Waals surface area (Å²) in [5.74, 6) is 0.571. The van der Waals surface area contributed by atoms with Crippen LogP contribution < -0.4 is 10.5 Å². The second-order valence-corrected chi connectivity index (χ2v) is 6.05. The highest BCUT2D eigenvalue weighted by molar-refractivity contribution is 9.10. The van der Waals surface area contributed by atoms with Crippen molar-refractivity contribution in [3.8, 4) is 5.75 Å². The van der Waals surface area contributed by atoms with E-state index < -0.39 is 0 Å². The number of hydrogen-bond donors (Lipinski definition) is 1. The Morgan fingerprint density at radius 2 is 1.95 bits per heavy atom. The summed E-state index contributed by atoms with van der Waals surface area (Å²) in [5.41, 5.74) is 9.14. The van der Waals surface area contributed by atoms with Crippen molar-refractivity contribution in [2.45, 2.75) is 25.5 Å². The van der Waals surface area contributed by atoms with Crippen LogP contribution >= 0.6 is 15.9 Å². The predicted octanol–water partition coefficient (Wildman–Crippen LogP) is 4.42. The topological polar surface area (TPSA) is 35.2 Å². The van der Waals surface area contributed by atoms with Crippen LogP contribution in [0, 0.1) is 12.7 Å². The fourth-order valence-electron chi connectivity index (χ4n) is 2.67. The van der Waals surface area contributed by atoms with Gasteiger partial charge in [0.25, 0.3) is 0 Å². The van der Waals surface area contributed by atoms with Crippen molar-refractivity contribution < 1.29 is 9.13 Å². The second kappa shape index (κ2) is 5.19. The molecule has 0 spiro atoms. The molecule has 2 atom stereocenters. The summed E-state index contributed by atoms with van der Waals surface area (Å²) < 4.78 is 20.2. The highest BCUT2D eigenvalue weighted by Gasteiger charge is 2.28. The van der Waals surface area contributed by atoms with E-state index >= 15 is 0 Å². The Hall–Kier alpha value is -1.39. The molecule has 4 heteroatoms. The average molecular weight is 336 g/mol. The maximum atomic E-state index is 13.2. The zero-order chi connectivity index (χ0) is 14.3. The molecule has 2 N–H and O–H groups in total. The van der Waals surface area contributed by atoms with Gasteiger partial charge in [0.2, 0.25) is 0 Å². The number of hydrogen-bond acceptors (Lipinski definition) is 2. The highest BCUT2D eigenvalue weighted by Crippen LogP contribution is 2.41. The van der Waals surface area contributed by atoms with Crippen molar-refractivity contribution in [3.63, 3.8) is 0 Å². The standard InChI is InChI=1S/C16H15BrFNO/c1-9-6-11(18)3-5-12(9)16-8-14(19)13-4-2-10(17)7-15(13)20-16/h2-7,14,16H,8,19H2,1H3/t14-,16?/m1/s1. The van der Waals surface area contributed by atoms with Gasteiger partial charge in [-0.1, -0.05) is 28.1 Å². The van der Waals surface area contributed by atoms with Gasteiger partial charge in [-0.15, -0.1) is 0 Å². The van der Waals surface area contributed by atoms with Crippen molar-refractivity contribution >= 4 is 15.9 Å². The molecule has 2 nitrogen and oxygen atoms in total. The number of fused-ring (bicyclic) bond motifs is 1. The van der Waals surface area contributed by atoms with Crippen LogP contribution in [0.15, 0.2) is 40.9 Å². The van der Waals surface area contributed by atoms with Crippen LogP contribution in [0.25, 0.3) is 0 Å². The molecular weight excluding hydrogens is 321 g/mol. The smallest absolute Gasteiger partial charge is 0.126 e. The Labute approximate surface area is 125 Å². The molecule has 1 aliphatic rings. The molecule has 2 aromatic carbocycles. The minimum absolute atomic E-state index is 0.0682. The first-order chi connectivity index (χ1) is 9.54. The molecule has 3 rings (SSSR count). The van der Waals surface area contributed by atoms with E-state index in [1.165, 1.54) is 12.1 Å². The molecule has 104 valence electrons. The third-order valence-electron chi connectivity index (χ3n) is 3.69. The molecule has 0 saturated carbocycles. The maximum absolute atomic E-state index is 13.2. The number of ether oxygens (including phenoxy) is 1. The Kier molecular flexibility index (Phi) is 3.52. The molecule has 2 aromatic rings. The first-order valence-corrected chi connectivity index (χ1v) is 7.31. The molecule has 1 unspecified atom stereocenters. The SMILES string of the molecule is Cc1cc(F)ccc1C1C[C@@H](N)c2ccc(Br)cc2O1. The monoisotopic (exact) mass is 335 g/mol. The van der Waals surface area contributed by atoms with E-state index in [4.69, 9.17) is 10.5 Å². The van der Waals surface area contributed by atoms with Gasteiger partial charge in [-0.2, -0.15) is 0 Å². The molecule has 0 fully saturated rings. The van der Waals surface area contributed by atoms with Crippen molar-refractivity contribution in [2.75, 3.05) is 0 Å². The summed E-state index contributed by atoms with van der Waals surface area (Å²) in [6.45, 7) is 1.89. The van der Waals surface area contributed by atoms with E-state index in [0.717, 1.165) is 26.9 Å². The van der Waals surface area contributed by atoms with Crippen molar-refractivity contribution in [2.24, 2.45) is 5.73 Å². The quantitative estimate of drug-likeness (QED) is 0.837. The third kappa shape index (κ3) is 2.45. The molecule has 1 aliphatic heterocycles. The third-order valence-corrected chi connectivity index (χ3v) is 4.18. The van der Waals surface area contributed by atoms with Crippen molar-refractivity contribution in [1.29, 1.82) is 0 Å². The minimum Gasteiger partial charge on any atom is -0.485 e. The second-order valence-electron chi connectivity index (χ2n) is 5.13. The van der Waals surface area contributed by atoms with Gasteiger partial charge in [-0.05, 0) is 42.3 Å². The number of nitrogens with two attached hydrogens (primary N) is 1. The summed E-state index contributed by atoms with van der Waals surface area (Å²) >= 11 is 3.44. The number of halogens is 2. The van der Waals surface area contributed by atoms with Crippen LogP contribution in [-0.2, 0) is 0 Å². The van der Waals surface area contributed by atoms with Gasteiger partial charge >= 0.3 is 0 Å². The van der Waals surface area contributed by atoms with Crippen LogP contribution in [-0.4, -0.2) is 0 Å². The molecule has 0 amide bonds. The summed E-state index contributed by atoms with van der Waals surface area (Å²) in [4.78, 5) is 0. The number of aryl methyl sites for hydroxylation is 1. The maximum Gasteiger partial charge on any atom is 0.126 e. The minimum atomic E-state index is -0.227. The first-order valence-electron chi connectivity index (χ1n) is 6.52. The van der Waals surface area contributed by atoms with Gasteiger partial charge in [0.1, 0.15) is 17.7 Å². The van der Waals surface area contributed by atoms with Gasteiger partial charge in [-0.3, -0.25) is 0 Å². The highest BCUT2D eigenvalue weighted by atomic mass is 79.9. The fraction of sp³-hybridized carbons (Fsp3) is 0.250. The van der Waals surface area contributed by atoms with E-state index in [1.54, 1.807) is 6.07 Å². The summed E-state index contributed by atoms with van der Waals surface area (Å²) in [6.07, 6.45) is 0.564. The molecule has 0 saturated heterocycles. The van der Waals surface area contributed by atoms with Crippen LogP contribution in [0.5, 0.6) is 5.75 Å². The van der Waals surface area contributed by atoms with Gasteiger partial charge in [0, 0.05) is 22.5 Å². The van der Waals surface area contributed by atoms with E-state index in [1.807, 2.05) is 25.1 Å². The van der Waals surface area contributed by atoms with E-state index in [2.05, 4.69) is 15.9 Å². The van der Waals surface area contributed by atoms with E-state index in [0.29, 0.717) is 6.42 Å². The molecule has 0 bridgehead atoms. The number of benzene rings is 2. The summed E-state index contributed by atoms with van der Waals surface area (Å²) in [6, 6.07) is 10.6. The lowest BCUT2D eigenvalue weighted by molar-refractivity contribution is 0.160. The van der Waals surface area contributed by atoms with E-state index in [-0.39, 0.29) is 18.0 Å². The lowest BCUT2D eigenvalue weighted by atomic mass is 9.92. The molecule has 1 heterocycles. The fourth-order valence-corrected chi connectivity index (χ4v) is 3.01. The molecule has 20 heavy (non-hydrogen) atoms. The molecule has 0 aromatic heterocycles. The van der Waals surface area contributed by atoms with Crippen molar-refractivity contribution in [1.82, 2.24) is 0 Å². The lowest BCUT2D eigenvalue weighted by Gasteiger charge is -2.31. The largest absolute Gasteiger partial charge is 0.485 e. The van der Waals surface area contributed by atoms with Gasteiger partial charge in [-0.25, -0.2) is 4.39 Å². The lowest BCUT2D eigenvalue weighted by Crippen LogP contribution is -2.24. The van der Waals surface area contributed by atoms with Crippen LogP contribution in [0.3, 0.4) is 0 Å². The predicted molar refractivity (Wildman–Crippen MR) is 80.2 cm³/mol. The van der Waals surface area contributed by atoms with Crippen LogP contribution in [0.2, 0.25) is 0 Å². The number of rotatable bonds is 1. The normalized spacial score (nSPS) is 21.2. The van der Waals surface area contributed by atoms with Crippen molar-refractivity contribution in [3.05, 3.63) is 63.4 Å². The molecule has 0 radical (unpaired) electrons. The first kappa shape index (κ1) is 13.6. The van der Waals surface area contributed by atoms with Gasteiger partial charge < -0.3 is 10.5 Å². The summed E-state index contributed by atoms with van der Waals surface area (Å²) in [7, 11) is 0. The Morgan fingerprint density at radius 3 is 2.70 bits per heavy atom. The summed E-state index contributed by atoms with van der Waals surface area (Å²) in [5, 5.41) is 0. The van der Waals surface area contributed by atoms with Crippen LogP contribution in [0.1, 0.15) is 35.3 Å². The Bertz CT molecular complexity index is 659. The zero-order valence-electron chi connectivity index (χ0n) is 11.1. The van der Waals surface area contributed by atoms with Crippen LogP contribution in [0.4, 0.5) is 4.39 Å². The Balaban J connectivity index is 1.98. The van der Waals surface area contributed by atoms with E-state index in [9.17, 15) is 4.39 Å². The Morgan fingerprint density at radius 1 is 1.20 bits per heavy atom. The van der Waals surface area contributed by atoms with Gasteiger partial charge in [0.05, 0.1) is 0 Å².